The highest BCUT2D eigenvalue weighted by Gasteiger charge is 2.15. The molecule has 0 spiro atoms. The molecular weight excluding hydrogens is 174 g/mol. The average Bonchev–Trinajstić information content (AvgIpc) is 2.51. The molecule has 2 aromatic rings. The van der Waals surface area contributed by atoms with Crippen LogP contribution in [0.15, 0.2) is 28.9 Å². The van der Waals surface area contributed by atoms with E-state index in [1.807, 2.05) is 12.3 Å². The van der Waals surface area contributed by atoms with E-state index >= 15 is 0 Å². The van der Waals surface area contributed by atoms with Crippen LogP contribution in [0.3, 0.4) is 0 Å². The predicted molar refractivity (Wildman–Crippen MR) is 56.3 cm³/mol. The molecule has 2 nitrogen and oxygen atoms in total. The zero-order valence-electron chi connectivity index (χ0n) is 8.29. The van der Waals surface area contributed by atoms with Crippen LogP contribution in [-0.4, -0.2) is 18.5 Å². The minimum Gasteiger partial charge on any atom is -0.464 e. The summed E-state index contributed by atoms with van der Waals surface area (Å²) in [5.41, 5.74) is 3.79. The molecule has 1 aromatic heterocycles. The molecule has 1 aliphatic rings. The van der Waals surface area contributed by atoms with Crippen molar-refractivity contribution in [3.63, 3.8) is 0 Å². The molecule has 0 atom stereocenters. The second kappa shape index (κ2) is 2.85. The second-order valence-electron chi connectivity index (χ2n) is 4.04. The Labute approximate surface area is 83.1 Å². The fourth-order valence-electron chi connectivity index (χ4n) is 2.23. The van der Waals surface area contributed by atoms with Gasteiger partial charge in [0.2, 0.25) is 0 Å². The van der Waals surface area contributed by atoms with Gasteiger partial charge in [0.1, 0.15) is 5.58 Å². The maximum atomic E-state index is 5.53. The molecule has 72 valence electrons. The highest BCUT2D eigenvalue weighted by Crippen LogP contribution is 2.28. The largest absolute Gasteiger partial charge is 0.464 e. The number of nitrogens with zero attached hydrogens (tertiary/aromatic N) is 1. The lowest BCUT2D eigenvalue weighted by Gasteiger charge is -2.12. The number of furan rings is 1. The van der Waals surface area contributed by atoms with Gasteiger partial charge in [-0.3, -0.25) is 0 Å². The third-order valence-corrected chi connectivity index (χ3v) is 2.96. The Morgan fingerprint density at radius 1 is 1.29 bits per heavy atom. The van der Waals surface area contributed by atoms with Gasteiger partial charge in [0.25, 0.3) is 0 Å². The molecule has 0 fully saturated rings. The molecule has 0 radical (unpaired) electrons. The third-order valence-electron chi connectivity index (χ3n) is 2.96. The van der Waals surface area contributed by atoms with Crippen LogP contribution in [0.5, 0.6) is 0 Å². The highest BCUT2D eigenvalue weighted by molar-refractivity contribution is 5.84. The quantitative estimate of drug-likeness (QED) is 0.629. The molecule has 0 saturated heterocycles. The van der Waals surface area contributed by atoms with E-state index in [2.05, 4.69) is 24.1 Å². The maximum absolute atomic E-state index is 5.53. The van der Waals surface area contributed by atoms with Crippen LogP contribution in [0.25, 0.3) is 11.0 Å². The summed E-state index contributed by atoms with van der Waals surface area (Å²) in [7, 11) is 2.17. The number of hydrogen-bond donors (Lipinski definition) is 0. The summed E-state index contributed by atoms with van der Waals surface area (Å²) in [5, 5.41) is 1.34. The van der Waals surface area contributed by atoms with Crippen LogP contribution < -0.4 is 0 Å². The first-order valence-electron chi connectivity index (χ1n) is 5.01. The zero-order valence-corrected chi connectivity index (χ0v) is 8.29. The first-order valence-corrected chi connectivity index (χ1v) is 5.01. The zero-order chi connectivity index (χ0) is 9.54. The van der Waals surface area contributed by atoms with Gasteiger partial charge in [0, 0.05) is 18.5 Å². The van der Waals surface area contributed by atoms with E-state index in [9.17, 15) is 0 Å². The summed E-state index contributed by atoms with van der Waals surface area (Å²) in [6.45, 7) is 2.15. The Bertz CT molecular complexity index is 472. The molecule has 0 aliphatic carbocycles. The van der Waals surface area contributed by atoms with E-state index < -0.39 is 0 Å². The Morgan fingerprint density at radius 3 is 3.14 bits per heavy atom. The van der Waals surface area contributed by atoms with Crippen LogP contribution in [0.4, 0.5) is 0 Å². The van der Waals surface area contributed by atoms with Crippen molar-refractivity contribution in [2.24, 2.45) is 0 Å². The van der Waals surface area contributed by atoms with Gasteiger partial charge in [0.05, 0.1) is 6.26 Å². The van der Waals surface area contributed by atoms with Crippen molar-refractivity contribution in [2.75, 3.05) is 13.6 Å². The lowest BCUT2D eigenvalue weighted by molar-refractivity contribution is 0.336. The lowest BCUT2D eigenvalue weighted by atomic mass is 10.1. The highest BCUT2D eigenvalue weighted by atomic mass is 16.3. The van der Waals surface area contributed by atoms with Crippen molar-refractivity contribution in [2.45, 2.75) is 13.0 Å². The minimum atomic E-state index is 1.03. The van der Waals surface area contributed by atoms with Gasteiger partial charge in [-0.2, -0.15) is 0 Å². The van der Waals surface area contributed by atoms with Crippen LogP contribution in [0, 0.1) is 0 Å². The topological polar surface area (TPSA) is 16.4 Å². The van der Waals surface area contributed by atoms with Crippen LogP contribution in [0.1, 0.15) is 11.1 Å². The van der Waals surface area contributed by atoms with Gasteiger partial charge in [0.15, 0.2) is 0 Å². The van der Waals surface area contributed by atoms with Gasteiger partial charge >= 0.3 is 0 Å². The van der Waals surface area contributed by atoms with Gasteiger partial charge in [-0.1, -0.05) is 12.1 Å². The Balaban J connectivity index is 2.31. The van der Waals surface area contributed by atoms with Crippen molar-refractivity contribution in [1.82, 2.24) is 4.90 Å². The van der Waals surface area contributed by atoms with E-state index in [-0.39, 0.29) is 0 Å². The first-order chi connectivity index (χ1) is 6.84. The molecule has 0 saturated carbocycles. The van der Waals surface area contributed by atoms with Gasteiger partial charge < -0.3 is 9.32 Å². The van der Waals surface area contributed by atoms with Gasteiger partial charge in [-0.25, -0.2) is 0 Å². The smallest absolute Gasteiger partial charge is 0.134 e. The summed E-state index contributed by atoms with van der Waals surface area (Å²) < 4.78 is 5.53. The van der Waals surface area contributed by atoms with Crippen molar-refractivity contribution in [3.05, 3.63) is 35.6 Å². The molecule has 0 unspecified atom stereocenters. The lowest BCUT2D eigenvalue weighted by Crippen LogP contribution is -2.18. The number of benzene rings is 1. The fourth-order valence-corrected chi connectivity index (χ4v) is 2.23. The van der Waals surface area contributed by atoms with Crippen LogP contribution >= 0.6 is 0 Å². The number of rotatable bonds is 0. The van der Waals surface area contributed by atoms with Crippen LogP contribution in [0.2, 0.25) is 0 Å². The molecule has 0 bridgehead atoms. The van der Waals surface area contributed by atoms with Crippen molar-refractivity contribution >= 4 is 11.0 Å². The predicted octanol–water partition coefficient (Wildman–Crippen LogP) is 2.42. The normalized spacial score (nSPS) is 17.2. The molecule has 14 heavy (non-hydrogen) atoms. The molecule has 3 rings (SSSR count). The Hall–Kier alpha value is -1.28. The Morgan fingerprint density at radius 2 is 2.21 bits per heavy atom. The van der Waals surface area contributed by atoms with Gasteiger partial charge in [-0.05, 0) is 30.7 Å². The number of likely N-dealkylation sites (N-methyl/N-ethyl adjacent to an activating group) is 1. The van der Waals surface area contributed by atoms with E-state index in [0.717, 1.165) is 25.1 Å². The average molecular weight is 187 g/mol. The van der Waals surface area contributed by atoms with E-state index in [4.69, 9.17) is 4.42 Å². The first kappa shape index (κ1) is 8.06. The van der Waals surface area contributed by atoms with Crippen molar-refractivity contribution in [1.29, 1.82) is 0 Å². The van der Waals surface area contributed by atoms with Crippen molar-refractivity contribution < 1.29 is 4.42 Å². The van der Waals surface area contributed by atoms with E-state index in [0.29, 0.717) is 0 Å². The molecule has 1 aliphatic heterocycles. The van der Waals surface area contributed by atoms with E-state index in [1.54, 1.807) is 0 Å². The third kappa shape index (κ3) is 1.07. The van der Waals surface area contributed by atoms with Crippen molar-refractivity contribution in [3.8, 4) is 0 Å². The van der Waals surface area contributed by atoms with Crippen LogP contribution in [-0.2, 0) is 13.0 Å². The molecule has 0 amide bonds. The monoisotopic (exact) mass is 187 g/mol. The van der Waals surface area contributed by atoms with E-state index in [1.165, 1.54) is 16.5 Å². The standard InChI is InChI=1S/C12H13NO/c1-13-6-5-10-8-14-11-4-2-3-9(7-13)12(10)11/h2-4,8H,5-7H2,1H3. The maximum Gasteiger partial charge on any atom is 0.134 e. The summed E-state index contributed by atoms with van der Waals surface area (Å²) in [6, 6.07) is 6.32. The number of hydrogen-bond acceptors (Lipinski definition) is 2. The molecule has 2 heterocycles. The summed E-state index contributed by atoms with van der Waals surface area (Å²) in [4.78, 5) is 2.36. The van der Waals surface area contributed by atoms with Gasteiger partial charge in [-0.15, -0.1) is 0 Å². The molecular formula is C12H13NO. The summed E-state index contributed by atoms with van der Waals surface area (Å²) in [5.74, 6) is 0. The molecule has 2 heteroatoms. The Kier molecular flexibility index (Phi) is 1.64. The summed E-state index contributed by atoms with van der Waals surface area (Å²) in [6.07, 6.45) is 3.01. The minimum absolute atomic E-state index is 1.03. The molecule has 0 N–H and O–H groups in total. The summed E-state index contributed by atoms with van der Waals surface area (Å²) >= 11 is 0. The SMILES string of the molecule is CN1CCc2coc3cccc(c23)C1. The fraction of sp³-hybridized carbons (Fsp3) is 0.333. The molecule has 1 aromatic carbocycles. The second-order valence-corrected chi connectivity index (χ2v) is 4.04.